The van der Waals surface area contributed by atoms with Crippen LogP contribution in [-0.4, -0.2) is 48.0 Å². The molecular weight excluding hydrogens is 354 g/mol. The predicted molar refractivity (Wildman–Crippen MR) is 108 cm³/mol. The quantitative estimate of drug-likeness (QED) is 0.849. The molecule has 0 saturated carbocycles. The van der Waals surface area contributed by atoms with Crippen LogP contribution in [0.2, 0.25) is 0 Å². The second-order valence-corrected chi connectivity index (χ2v) is 7.92. The Morgan fingerprint density at radius 2 is 1.75 bits per heavy atom. The van der Waals surface area contributed by atoms with Gasteiger partial charge in [-0.3, -0.25) is 0 Å². The zero-order valence-electron chi connectivity index (χ0n) is 16.4. The zero-order chi connectivity index (χ0) is 19.6. The molecule has 5 heteroatoms. The van der Waals surface area contributed by atoms with Gasteiger partial charge in [-0.25, -0.2) is 0 Å². The van der Waals surface area contributed by atoms with E-state index in [1.165, 1.54) is 0 Å². The number of β-amino-alcohol motifs (C(OH)–C–C–N with tert-alkyl or cyclic N) is 1. The van der Waals surface area contributed by atoms with Gasteiger partial charge in [0.05, 0.1) is 24.9 Å². The number of likely N-dealkylation sites (tertiary alicyclic amines) is 1. The Hall–Kier alpha value is -2.08. The Labute approximate surface area is 166 Å². The van der Waals surface area contributed by atoms with Crippen molar-refractivity contribution in [3.63, 3.8) is 0 Å². The number of hydrogen-bond acceptors (Lipinski definition) is 5. The first-order chi connectivity index (χ1) is 13.5. The summed E-state index contributed by atoms with van der Waals surface area (Å²) in [7, 11) is 0. The Morgan fingerprint density at radius 3 is 2.50 bits per heavy atom. The topological polar surface area (TPSA) is 62.2 Å². The molecule has 0 amide bonds. The van der Waals surface area contributed by atoms with Crippen molar-refractivity contribution in [1.82, 2.24) is 4.90 Å². The molecule has 2 aliphatic rings. The number of fused-ring (bicyclic) bond motifs is 1. The van der Waals surface area contributed by atoms with Gasteiger partial charge in [0, 0.05) is 26.1 Å². The van der Waals surface area contributed by atoms with Crippen LogP contribution in [0.5, 0.6) is 11.5 Å². The van der Waals surface area contributed by atoms with Crippen LogP contribution in [0.15, 0.2) is 42.5 Å². The summed E-state index contributed by atoms with van der Waals surface area (Å²) in [4.78, 5) is 2.22. The molecule has 2 N–H and O–H groups in total. The number of ether oxygens (including phenoxy) is 2. The maximum absolute atomic E-state index is 11.1. The standard InChI is InChI=1S/C23H29NO4/c1-17-5-2-3-6-19(17)23(26)9-11-24(12-10-23)16-20(25)18-7-8-21-22(15-18)28-14-4-13-27-21/h2-3,5-8,15,20,25-26H,4,9-14,16H2,1H3. The number of benzene rings is 2. The van der Waals surface area contributed by atoms with Crippen LogP contribution in [0.1, 0.15) is 42.1 Å². The maximum Gasteiger partial charge on any atom is 0.161 e. The highest BCUT2D eigenvalue weighted by Gasteiger charge is 2.35. The van der Waals surface area contributed by atoms with Crippen molar-refractivity contribution in [2.24, 2.45) is 0 Å². The fourth-order valence-electron chi connectivity index (χ4n) is 4.21. The lowest BCUT2D eigenvalue weighted by molar-refractivity contribution is -0.0349. The Morgan fingerprint density at radius 1 is 1.04 bits per heavy atom. The van der Waals surface area contributed by atoms with E-state index >= 15 is 0 Å². The van der Waals surface area contributed by atoms with Crippen molar-refractivity contribution in [1.29, 1.82) is 0 Å². The number of rotatable bonds is 4. The van der Waals surface area contributed by atoms with E-state index in [9.17, 15) is 10.2 Å². The molecule has 2 aliphatic heterocycles. The maximum atomic E-state index is 11.1. The first-order valence-corrected chi connectivity index (χ1v) is 10.1. The van der Waals surface area contributed by atoms with E-state index in [0.717, 1.165) is 42.0 Å². The highest BCUT2D eigenvalue weighted by Crippen LogP contribution is 2.36. The highest BCUT2D eigenvalue weighted by molar-refractivity contribution is 5.44. The van der Waals surface area contributed by atoms with Gasteiger partial charge in [0.2, 0.25) is 0 Å². The van der Waals surface area contributed by atoms with Gasteiger partial charge in [0.15, 0.2) is 11.5 Å². The fraction of sp³-hybridized carbons (Fsp3) is 0.478. The summed E-state index contributed by atoms with van der Waals surface area (Å²) in [5.74, 6) is 1.45. The Balaban J connectivity index is 1.38. The van der Waals surface area contributed by atoms with Crippen molar-refractivity contribution < 1.29 is 19.7 Å². The molecule has 1 atom stereocenters. The van der Waals surface area contributed by atoms with Gasteiger partial charge in [-0.1, -0.05) is 30.3 Å². The van der Waals surface area contributed by atoms with Crippen molar-refractivity contribution in [3.8, 4) is 11.5 Å². The number of aliphatic hydroxyl groups is 2. The average molecular weight is 383 g/mol. The van der Waals surface area contributed by atoms with Gasteiger partial charge in [-0.05, 0) is 48.6 Å². The molecule has 0 radical (unpaired) electrons. The third kappa shape index (κ3) is 4.02. The number of aliphatic hydroxyl groups excluding tert-OH is 1. The number of piperidine rings is 1. The van der Waals surface area contributed by atoms with E-state index < -0.39 is 11.7 Å². The molecule has 1 unspecified atom stereocenters. The molecule has 1 fully saturated rings. The first-order valence-electron chi connectivity index (χ1n) is 10.1. The van der Waals surface area contributed by atoms with E-state index in [4.69, 9.17) is 9.47 Å². The summed E-state index contributed by atoms with van der Waals surface area (Å²) in [6, 6.07) is 13.7. The van der Waals surface area contributed by atoms with Gasteiger partial charge in [0.1, 0.15) is 0 Å². The minimum absolute atomic E-state index is 0.545. The summed E-state index contributed by atoms with van der Waals surface area (Å²) in [6.45, 7) is 5.40. The van der Waals surface area contributed by atoms with Crippen LogP contribution in [-0.2, 0) is 5.60 Å². The van der Waals surface area contributed by atoms with E-state index in [1.807, 2.05) is 49.4 Å². The summed E-state index contributed by atoms with van der Waals surface area (Å²) >= 11 is 0. The van der Waals surface area contributed by atoms with Gasteiger partial charge in [-0.15, -0.1) is 0 Å². The largest absolute Gasteiger partial charge is 0.490 e. The van der Waals surface area contributed by atoms with Crippen LogP contribution in [0.3, 0.4) is 0 Å². The van der Waals surface area contributed by atoms with Gasteiger partial charge in [0.25, 0.3) is 0 Å². The van der Waals surface area contributed by atoms with Crippen molar-refractivity contribution in [3.05, 3.63) is 59.2 Å². The number of aryl methyl sites for hydroxylation is 1. The molecule has 150 valence electrons. The molecule has 0 aliphatic carbocycles. The minimum atomic E-state index is -0.776. The van der Waals surface area contributed by atoms with E-state index in [1.54, 1.807) is 0 Å². The molecule has 4 rings (SSSR count). The van der Waals surface area contributed by atoms with Crippen molar-refractivity contribution in [2.75, 3.05) is 32.8 Å². The molecule has 0 aromatic heterocycles. The Kier molecular flexibility index (Phi) is 5.58. The van der Waals surface area contributed by atoms with Crippen LogP contribution in [0, 0.1) is 6.92 Å². The second kappa shape index (κ2) is 8.11. The van der Waals surface area contributed by atoms with Crippen LogP contribution >= 0.6 is 0 Å². The molecular formula is C23H29NO4. The highest BCUT2D eigenvalue weighted by atomic mass is 16.5. The average Bonchev–Trinajstić information content (AvgIpc) is 2.95. The number of nitrogens with zero attached hydrogens (tertiary/aromatic N) is 1. The van der Waals surface area contributed by atoms with Gasteiger partial charge >= 0.3 is 0 Å². The molecule has 2 heterocycles. The summed E-state index contributed by atoms with van der Waals surface area (Å²) in [5, 5.41) is 21.9. The SMILES string of the molecule is Cc1ccccc1C1(O)CCN(CC(O)c2ccc3c(c2)OCCCO3)CC1. The lowest BCUT2D eigenvalue weighted by atomic mass is 9.82. The van der Waals surface area contributed by atoms with Gasteiger partial charge in [-0.2, -0.15) is 0 Å². The number of hydrogen-bond donors (Lipinski definition) is 2. The second-order valence-electron chi connectivity index (χ2n) is 7.92. The van der Waals surface area contributed by atoms with Crippen LogP contribution in [0.25, 0.3) is 0 Å². The van der Waals surface area contributed by atoms with E-state index in [-0.39, 0.29) is 0 Å². The first kappa shape index (κ1) is 19.2. The lowest BCUT2D eigenvalue weighted by Crippen LogP contribution is -2.44. The third-order valence-corrected chi connectivity index (χ3v) is 5.92. The van der Waals surface area contributed by atoms with Crippen molar-refractivity contribution in [2.45, 2.75) is 37.9 Å². The molecule has 28 heavy (non-hydrogen) atoms. The van der Waals surface area contributed by atoms with Crippen molar-refractivity contribution >= 4 is 0 Å². The lowest BCUT2D eigenvalue weighted by Gasteiger charge is -2.39. The van der Waals surface area contributed by atoms with Gasteiger partial charge < -0.3 is 24.6 Å². The smallest absolute Gasteiger partial charge is 0.161 e. The monoisotopic (exact) mass is 383 g/mol. The van der Waals surface area contributed by atoms with Crippen LogP contribution < -0.4 is 9.47 Å². The van der Waals surface area contributed by atoms with E-state index in [2.05, 4.69) is 4.90 Å². The van der Waals surface area contributed by atoms with E-state index in [0.29, 0.717) is 38.3 Å². The zero-order valence-corrected chi connectivity index (χ0v) is 16.4. The normalized spacial score (nSPS) is 20.4. The Bertz CT molecular complexity index is 814. The third-order valence-electron chi connectivity index (χ3n) is 5.92. The fourth-order valence-corrected chi connectivity index (χ4v) is 4.21. The summed E-state index contributed by atoms with van der Waals surface area (Å²) < 4.78 is 11.4. The molecule has 0 bridgehead atoms. The molecule has 2 aromatic rings. The molecule has 1 saturated heterocycles. The molecule has 2 aromatic carbocycles. The summed E-state index contributed by atoms with van der Waals surface area (Å²) in [6.07, 6.45) is 1.61. The minimum Gasteiger partial charge on any atom is -0.490 e. The summed E-state index contributed by atoms with van der Waals surface area (Å²) in [5.41, 5.74) is 2.22. The molecule has 0 spiro atoms. The van der Waals surface area contributed by atoms with Crippen LogP contribution in [0.4, 0.5) is 0 Å². The predicted octanol–water partition coefficient (Wildman–Crippen LogP) is 3.17. The molecule has 5 nitrogen and oxygen atoms in total.